The summed E-state index contributed by atoms with van der Waals surface area (Å²) < 4.78 is 18.4. The lowest BCUT2D eigenvalue weighted by molar-refractivity contribution is -0.137. The fourth-order valence-corrected chi connectivity index (χ4v) is 4.74. The van der Waals surface area contributed by atoms with Gasteiger partial charge in [-0.1, -0.05) is 12.1 Å². The van der Waals surface area contributed by atoms with Crippen LogP contribution >= 0.6 is 0 Å². The van der Waals surface area contributed by atoms with E-state index in [-0.39, 0.29) is 29.6 Å². The first kappa shape index (κ1) is 21.3. The van der Waals surface area contributed by atoms with Crippen LogP contribution in [0, 0.1) is 11.7 Å². The van der Waals surface area contributed by atoms with Gasteiger partial charge in [-0.25, -0.2) is 4.39 Å². The molecule has 31 heavy (non-hydrogen) atoms. The minimum Gasteiger partial charge on any atom is -0.497 e. The number of piperidine rings is 1. The Morgan fingerprint density at radius 1 is 1.00 bits per heavy atom. The third-order valence-corrected chi connectivity index (χ3v) is 6.44. The van der Waals surface area contributed by atoms with E-state index < -0.39 is 0 Å². The first-order valence-electron chi connectivity index (χ1n) is 11.0. The summed E-state index contributed by atoms with van der Waals surface area (Å²) in [5.41, 5.74) is 1.66. The van der Waals surface area contributed by atoms with Crippen LogP contribution in [-0.2, 0) is 11.2 Å². The van der Waals surface area contributed by atoms with Crippen molar-refractivity contribution in [1.29, 1.82) is 0 Å². The van der Waals surface area contributed by atoms with Crippen LogP contribution in [0.2, 0.25) is 0 Å². The monoisotopic (exact) mass is 424 g/mol. The van der Waals surface area contributed by atoms with Gasteiger partial charge in [0.1, 0.15) is 11.6 Å². The summed E-state index contributed by atoms with van der Waals surface area (Å²) in [5, 5.41) is 0. The molecule has 4 rings (SSSR count). The van der Waals surface area contributed by atoms with Crippen LogP contribution < -0.4 is 4.74 Å². The molecule has 0 saturated carbocycles. The van der Waals surface area contributed by atoms with E-state index in [1.54, 1.807) is 12.0 Å². The molecule has 2 atom stereocenters. The molecule has 2 saturated heterocycles. The van der Waals surface area contributed by atoms with Crippen LogP contribution in [0.5, 0.6) is 5.75 Å². The number of amides is 2. The minimum absolute atomic E-state index is 0.131. The van der Waals surface area contributed by atoms with Gasteiger partial charge in [-0.3, -0.25) is 9.59 Å². The number of rotatable bonds is 5. The van der Waals surface area contributed by atoms with Crippen LogP contribution in [0.15, 0.2) is 48.5 Å². The fourth-order valence-electron chi connectivity index (χ4n) is 4.74. The second kappa shape index (κ2) is 9.50. The van der Waals surface area contributed by atoms with Gasteiger partial charge in [0, 0.05) is 31.2 Å². The maximum absolute atomic E-state index is 13.4. The molecule has 2 aliphatic rings. The summed E-state index contributed by atoms with van der Waals surface area (Å²) in [6.07, 6.45) is 4.46. The SMILES string of the molecule is COc1ccc(C[C@H]2CCCN2C(=O)[C@H]2CCCN(C(=O)c3ccc(F)cc3)C2)cc1. The number of methoxy groups -OCH3 is 1. The van der Waals surface area contributed by atoms with Gasteiger partial charge in [-0.05, 0) is 74.1 Å². The number of nitrogens with zero attached hydrogens (tertiary/aromatic N) is 2. The van der Waals surface area contributed by atoms with E-state index in [0.29, 0.717) is 18.7 Å². The van der Waals surface area contributed by atoms with Gasteiger partial charge < -0.3 is 14.5 Å². The molecule has 2 aromatic rings. The smallest absolute Gasteiger partial charge is 0.253 e. The molecule has 0 aromatic heterocycles. The van der Waals surface area contributed by atoms with Gasteiger partial charge in [0.2, 0.25) is 5.91 Å². The zero-order valence-corrected chi connectivity index (χ0v) is 17.9. The molecular formula is C25H29FN2O3. The van der Waals surface area contributed by atoms with Crippen LogP contribution in [-0.4, -0.2) is 54.4 Å². The highest BCUT2D eigenvalue weighted by Gasteiger charge is 2.36. The zero-order valence-electron chi connectivity index (χ0n) is 17.9. The van der Waals surface area contributed by atoms with E-state index in [4.69, 9.17) is 4.74 Å². The lowest BCUT2D eigenvalue weighted by atomic mass is 9.95. The first-order chi connectivity index (χ1) is 15.0. The van der Waals surface area contributed by atoms with E-state index in [2.05, 4.69) is 12.1 Å². The number of likely N-dealkylation sites (tertiary alicyclic amines) is 2. The highest BCUT2D eigenvalue weighted by molar-refractivity contribution is 5.94. The lowest BCUT2D eigenvalue weighted by Gasteiger charge is -2.35. The predicted octanol–water partition coefficient (Wildman–Crippen LogP) is 3.92. The quantitative estimate of drug-likeness (QED) is 0.731. The molecule has 164 valence electrons. The van der Waals surface area contributed by atoms with Crippen LogP contribution in [0.3, 0.4) is 0 Å². The average Bonchev–Trinajstić information content (AvgIpc) is 3.27. The Kier molecular flexibility index (Phi) is 6.54. The molecule has 2 amide bonds. The molecule has 2 aromatic carbocycles. The predicted molar refractivity (Wildman–Crippen MR) is 116 cm³/mol. The number of hydrogen-bond acceptors (Lipinski definition) is 3. The summed E-state index contributed by atoms with van der Waals surface area (Å²) >= 11 is 0. The number of ether oxygens (including phenoxy) is 1. The summed E-state index contributed by atoms with van der Waals surface area (Å²) in [4.78, 5) is 30.0. The van der Waals surface area contributed by atoms with Crippen molar-refractivity contribution >= 4 is 11.8 Å². The van der Waals surface area contributed by atoms with E-state index in [0.717, 1.165) is 44.4 Å². The summed E-state index contributed by atoms with van der Waals surface area (Å²) in [6, 6.07) is 13.8. The van der Waals surface area contributed by atoms with Crippen molar-refractivity contribution in [2.45, 2.75) is 38.1 Å². The Labute approximate surface area is 182 Å². The molecule has 0 spiro atoms. The normalized spacial score (nSPS) is 21.2. The van der Waals surface area contributed by atoms with Crippen LogP contribution in [0.4, 0.5) is 4.39 Å². The van der Waals surface area contributed by atoms with Gasteiger partial charge >= 0.3 is 0 Å². The molecule has 2 heterocycles. The molecule has 2 aliphatic heterocycles. The molecule has 2 fully saturated rings. The molecular weight excluding hydrogens is 395 g/mol. The molecule has 6 heteroatoms. The van der Waals surface area contributed by atoms with E-state index in [9.17, 15) is 14.0 Å². The fraction of sp³-hybridized carbons (Fsp3) is 0.440. The molecule has 0 aliphatic carbocycles. The maximum atomic E-state index is 13.4. The molecule has 0 bridgehead atoms. The second-order valence-corrected chi connectivity index (χ2v) is 8.48. The van der Waals surface area contributed by atoms with Crippen molar-refractivity contribution in [3.05, 3.63) is 65.5 Å². The van der Waals surface area contributed by atoms with Gasteiger partial charge in [-0.2, -0.15) is 0 Å². The largest absolute Gasteiger partial charge is 0.497 e. The van der Waals surface area contributed by atoms with Gasteiger partial charge in [-0.15, -0.1) is 0 Å². The third-order valence-electron chi connectivity index (χ3n) is 6.44. The van der Waals surface area contributed by atoms with Gasteiger partial charge in [0.05, 0.1) is 13.0 Å². The Balaban J connectivity index is 1.40. The first-order valence-corrected chi connectivity index (χ1v) is 11.0. The molecule has 0 radical (unpaired) electrons. The molecule has 0 N–H and O–H groups in total. The average molecular weight is 425 g/mol. The molecule has 5 nitrogen and oxygen atoms in total. The Morgan fingerprint density at radius 3 is 2.42 bits per heavy atom. The van der Waals surface area contributed by atoms with Crippen LogP contribution in [0.25, 0.3) is 0 Å². The van der Waals surface area contributed by atoms with Crippen LogP contribution in [0.1, 0.15) is 41.6 Å². The second-order valence-electron chi connectivity index (χ2n) is 8.48. The van der Waals surface area contributed by atoms with Crippen molar-refractivity contribution in [2.24, 2.45) is 5.92 Å². The Hall–Kier alpha value is -2.89. The van der Waals surface area contributed by atoms with E-state index in [1.165, 1.54) is 29.8 Å². The van der Waals surface area contributed by atoms with Gasteiger partial charge in [0.15, 0.2) is 0 Å². The summed E-state index contributed by atoms with van der Waals surface area (Å²) in [7, 11) is 1.65. The van der Waals surface area contributed by atoms with Crippen molar-refractivity contribution in [2.75, 3.05) is 26.7 Å². The van der Waals surface area contributed by atoms with Crippen molar-refractivity contribution in [3.8, 4) is 5.75 Å². The highest BCUT2D eigenvalue weighted by atomic mass is 19.1. The number of hydrogen-bond donors (Lipinski definition) is 0. The van der Waals surface area contributed by atoms with Crippen molar-refractivity contribution < 1.29 is 18.7 Å². The summed E-state index contributed by atoms with van der Waals surface area (Å²) in [6.45, 7) is 1.85. The van der Waals surface area contributed by atoms with Crippen molar-refractivity contribution in [3.63, 3.8) is 0 Å². The number of carbonyl (C=O) groups excluding carboxylic acids is 2. The van der Waals surface area contributed by atoms with E-state index >= 15 is 0 Å². The molecule has 0 unspecified atom stereocenters. The Morgan fingerprint density at radius 2 is 1.71 bits per heavy atom. The lowest BCUT2D eigenvalue weighted by Crippen LogP contribution is -2.48. The highest BCUT2D eigenvalue weighted by Crippen LogP contribution is 2.27. The Bertz CT molecular complexity index is 913. The third kappa shape index (κ3) is 4.89. The minimum atomic E-state index is -0.361. The summed E-state index contributed by atoms with van der Waals surface area (Å²) in [5.74, 6) is 0.326. The standard InChI is InChI=1S/C25H29FN2O3/c1-31-23-12-6-18(7-13-23)16-22-5-3-15-28(22)25(30)20-4-2-14-27(17-20)24(29)19-8-10-21(26)11-9-19/h6-13,20,22H,2-5,14-17H2,1H3/t20-,22+/m0/s1. The topological polar surface area (TPSA) is 49.9 Å². The zero-order chi connectivity index (χ0) is 21.8. The van der Waals surface area contributed by atoms with Gasteiger partial charge in [0.25, 0.3) is 5.91 Å². The number of benzene rings is 2. The van der Waals surface area contributed by atoms with Crippen molar-refractivity contribution in [1.82, 2.24) is 9.80 Å². The number of carbonyl (C=O) groups is 2. The maximum Gasteiger partial charge on any atom is 0.253 e. The number of halogens is 1. The van der Waals surface area contributed by atoms with E-state index in [1.807, 2.05) is 17.0 Å².